The molecule has 0 bridgehead atoms. The monoisotopic (exact) mass is 361 g/mol. The molecule has 0 heterocycles. The van der Waals surface area contributed by atoms with Gasteiger partial charge in [-0.1, -0.05) is 30.3 Å². The van der Waals surface area contributed by atoms with Crippen molar-refractivity contribution in [3.8, 4) is 17.2 Å². The first kappa shape index (κ1) is 19.0. The van der Waals surface area contributed by atoms with Crippen LogP contribution >= 0.6 is 11.8 Å². The molecular weight excluding hydrogens is 338 g/mol. The summed E-state index contributed by atoms with van der Waals surface area (Å²) in [6, 6.07) is 13.6. The number of hydrogen-bond donors (Lipinski definition) is 1. The van der Waals surface area contributed by atoms with Crippen LogP contribution in [0.15, 0.2) is 42.5 Å². The molecule has 6 heteroatoms. The largest absolute Gasteiger partial charge is 0.493 e. The normalized spacial score (nSPS) is 10.2. The van der Waals surface area contributed by atoms with E-state index >= 15 is 0 Å². The van der Waals surface area contributed by atoms with Crippen molar-refractivity contribution in [2.45, 2.75) is 5.75 Å². The van der Waals surface area contributed by atoms with Gasteiger partial charge in [0.25, 0.3) is 5.91 Å². The maximum atomic E-state index is 12.3. The number of benzene rings is 2. The molecule has 0 atom stereocenters. The van der Waals surface area contributed by atoms with E-state index < -0.39 is 0 Å². The molecule has 0 unspecified atom stereocenters. The summed E-state index contributed by atoms with van der Waals surface area (Å²) in [5.41, 5.74) is 1.76. The molecule has 0 aliphatic heterocycles. The van der Waals surface area contributed by atoms with Gasteiger partial charge < -0.3 is 19.5 Å². The van der Waals surface area contributed by atoms with E-state index in [1.165, 1.54) is 26.9 Å². The second-order valence-corrected chi connectivity index (χ2v) is 6.31. The molecule has 2 aromatic carbocycles. The Hall–Kier alpha value is -2.34. The average molecular weight is 361 g/mol. The molecule has 0 spiro atoms. The van der Waals surface area contributed by atoms with E-state index in [1.54, 1.807) is 23.9 Å². The SMILES string of the molecule is COc1cc(C(=O)NCCSCc2ccccc2)cc(OC)c1OC. The smallest absolute Gasteiger partial charge is 0.251 e. The molecule has 134 valence electrons. The predicted octanol–water partition coefficient (Wildman–Crippen LogP) is 3.38. The number of amides is 1. The number of hydrogen-bond acceptors (Lipinski definition) is 5. The third-order valence-corrected chi connectivity index (χ3v) is 4.60. The second kappa shape index (κ2) is 9.84. The molecule has 0 aliphatic rings. The molecule has 25 heavy (non-hydrogen) atoms. The lowest BCUT2D eigenvalue weighted by Crippen LogP contribution is -2.25. The minimum absolute atomic E-state index is 0.167. The number of rotatable bonds is 9. The molecule has 0 aliphatic carbocycles. The highest BCUT2D eigenvalue weighted by molar-refractivity contribution is 7.98. The maximum absolute atomic E-state index is 12.3. The van der Waals surface area contributed by atoms with E-state index in [-0.39, 0.29) is 5.91 Å². The van der Waals surface area contributed by atoms with Crippen LogP contribution in [0.2, 0.25) is 0 Å². The quantitative estimate of drug-likeness (QED) is 0.694. The van der Waals surface area contributed by atoms with Gasteiger partial charge in [0.1, 0.15) is 0 Å². The van der Waals surface area contributed by atoms with Gasteiger partial charge in [0.2, 0.25) is 5.75 Å². The fourth-order valence-electron chi connectivity index (χ4n) is 2.32. The van der Waals surface area contributed by atoms with Crippen molar-refractivity contribution >= 4 is 17.7 Å². The minimum Gasteiger partial charge on any atom is -0.493 e. The second-order valence-electron chi connectivity index (χ2n) is 5.21. The van der Waals surface area contributed by atoms with E-state index in [9.17, 15) is 4.79 Å². The highest BCUT2D eigenvalue weighted by Gasteiger charge is 2.16. The highest BCUT2D eigenvalue weighted by atomic mass is 32.2. The fourth-order valence-corrected chi connectivity index (χ4v) is 3.13. The van der Waals surface area contributed by atoms with Crippen LogP contribution in [-0.2, 0) is 5.75 Å². The summed E-state index contributed by atoms with van der Waals surface area (Å²) in [5, 5.41) is 2.91. The molecule has 0 aromatic heterocycles. The van der Waals surface area contributed by atoms with Crippen LogP contribution < -0.4 is 19.5 Å². The Morgan fingerprint density at radius 1 is 1.00 bits per heavy atom. The van der Waals surface area contributed by atoms with Crippen molar-refractivity contribution in [2.75, 3.05) is 33.6 Å². The molecule has 2 rings (SSSR count). The molecule has 0 saturated carbocycles. The summed E-state index contributed by atoms with van der Waals surface area (Å²) in [4.78, 5) is 12.3. The van der Waals surface area contributed by atoms with Gasteiger partial charge in [0.05, 0.1) is 21.3 Å². The van der Waals surface area contributed by atoms with E-state index in [0.717, 1.165) is 11.5 Å². The van der Waals surface area contributed by atoms with Crippen LogP contribution in [0, 0.1) is 0 Å². The Labute approximate surface area is 152 Å². The first-order chi connectivity index (χ1) is 12.2. The zero-order valence-corrected chi connectivity index (χ0v) is 15.5. The minimum atomic E-state index is -0.167. The van der Waals surface area contributed by atoms with Gasteiger partial charge in [-0.2, -0.15) is 11.8 Å². The predicted molar refractivity (Wildman–Crippen MR) is 101 cm³/mol. The van der Waals surface area contributed by atoms with Crippen molar-refractivity contribution in [3.63, 3.8) is 0 Å². The fraction of sp³-hybridized carbons (Fsp3) is 0.316. The molecular formula is C19H23NO4S. The summed E-state index contributed by atoms with van der Waals surface area (Å²) >= 11 is 1.78. The average Bonchev–Trinajstić information content (AvgIpc) is 2.67. The lowest BCUT2D eigenvalue weighted by atomic mass is 10.1. The zero-order valence-electron chi connectivity index (χ0n) is 14.7. The number of thioether (sulfide) groups is 1. The van der Waals surface area contributed by atoms with Crippen LogP contribution in [0.3, 0.4) is 0 Å². The first-order valence-corrected chi connectivity index (χ1v) is 9.05. The molecule has 1 N–H and O–H groups in total. The number of ether oxygens (including phenoxy) is 3. The summed E-state index contributed by atoms with van der Waals surface area (Å²) in [7, 11) is 4.59. The van der Waals surface area contributed by atoms with E-state index in [4.69, 9.17) is 14.2 Å². The van der Waals surface area contributed by atoms with Gasteiger partial charge in [-0.15, -0.1) is 0 Å². The van der Waals surface area contributed by atoms with Crippen LogP contribution in [0.25, 0.3) is 0 Å². The van der Waals surface area contributed by atoms with Crippen LogP contribution in [-0.4, -0.2) is 39.5 Å². The first-order valence-electron chi connectivity index (χ1n) is 7.89. The summed E-state index contributed by atoms with van der Waals surface area (Å²) in [6.45, 7) is 0.590. The Kier molecular flexibility index (Phi) is 7.47. The number of carbonyl (C=O) groups excluding carboxylic acids is 1. The van der Waals surface area contributed by atoms with Gasteiger partial charge in [-0.05, 0) is 17.7 Å². The highest BCUT2D eigenvalue weighted by Crippen LogP contribution is 2.38. The van der Waals surface area contributed by atoms with Gasteiger partial charge in [0.15, 0.2) is 11.5 Å². The van der Waals surface area contributed by atoms with Gasteiger partial charge in [0, 0.05) is 23.6 Å². The third kappa shape index (κ3) is 5.32. The summed E-state index contributed by atoms with van der Waals surface area (Å²) < 4.78 is 15.8. The zero-order chi connectivity index (χ0) is 18.1. The molecule has 0 fully saturated rings. The van der Waals surface area contributed by atoms with Crippen molar-refractivity contribution < 1.29 is 19.0 Å². The van der Waals surface area contributed by atoms with Crippen molar-refractivity contribution in [2.24, 2.45) is 0 Å². The molecule has 0 radical (unpaired) electrons. The lowest BCUT2D eigenvalue weighted by Gasteiger charge is -2.14. The Morgan fingerprint density at radius 3 is 2.20 bits per heavy atom. The van der Waals surface area contributed by atoms with E-state index in [1.807, 2.05) is 18.2 Å². The van der Waals surface area contributed by atoms with E-state index in [0.29, 0.717) is 29.4 Å². The maximum Gasteiger partial charge on any atom is 0.251 e. The Balaban J connectivity index is 1.88. The lowest BCUT2D eigenvalue weighted by molar-refractivity contribution is 0.0955. The molecule has 1 amide bonds. The van der Waals surface area contributed by atoms with E-state index in [2.05, 4.69) is 17.4 Å². The standard InChI is InChI=1S/C19H23NO4S/c1-22-16-11-15(12-17(23-2)18(16)24-3)19(21)20-9-10-25-13-14-7-5-4-6-8-14/h4-8,11-12H,9-10,13H2,1-3H3,(H,20,21). The van der Waals surface area contributed by atoms with Gasteiger partial charge in [-0.25, -0.2) is 0 Å². The van der Waals surface area contributed by atoms with Crippen molar-refractivity contribution in [3.05, 3.63) is 53.6 Å². The Bertz CT molecular complexity index is 666. The molecule has 2 aromatic rings. The van der Waals surface area contributed by atoms with Gasteiger partial charge in [-0.3, -0.25) is 4.79 Å². The summed E-state index contributed by atoms with van der Waals surface area (Å²) in [5.74, 6) is 3.00. The van der Waals surface area contributed by atoms with Crippen LogP contribution in [0.5, 0.6) is 17.2 Å². The van der Waals surface area contributed by atoms with Crippen molar-refractivity contribution in [1.29, 1.82) is 0 Å². The summed E-state index contributed by atoms with van der Waals surface area (Å²) in [6.07, 6.45) is 0. The molecule has 5 nitrogen and oxygen atoms in total. The van der Waals surface area contributed by atoms with Crippen LogP contribution in [0.4, 0.5) is 0 Å². The molecule has 0 saturated heterocycles. The number of carbonyl (C=O) groups is 1. The number of methoxy groups -OCH3 is 3. The van der Waals surface area contributed by atoms with Crippen LogP contribution in [0.1, 0.15) is 15.9 Å². The van der Waals surface area contributed by atoms with Gasteiger partial charge >= 0.3 is 0 Å². The number of nitrogens with one attached hydrogen (secondary N) is 1. The topological polar surface area (TPSA) is 56.8 Å². The Morgan fingerprint density at radius 2 is 1.64 bits per heavy atom. The third-order valence-electron chi connectivity index (χ3n) is 3.57. The van der Waals surface area contributed by atoms with Crippen molar-refractivity contribution in [1.82, 2.24) is 5.32 Å².